The third-order valence-electron chi connectivity index (χ3n) is 1.45. The maximum Gasteiger partial charge on any atom is 0.239 e. The van der Waals surface area contributed by atoms with Gasteiger partial charge in [0.05, 0.1) is 5.75 Å². The molecule has 0 N–H and O–H groups in total. The highest BCUT2D eigenvalue weighted by Gasteiger charge is 2.10. The van der Waals surface area contributed by atoms with Crippen LogP contribution in [0.3, 0.4) is 0 Å². The second-order valence-corrected chi connectivity index (χ2v) is 4.31. The second kappa shape index (κ2) is 2.65. The van der Waals surface area contributed by atoms with E-state index < -0.39 is 10.0 Å². The Kier molecular flexibility index (Phi) is 1.99. The van der Waals surface area contributed by atoms with E-state index in [1.165, 1.54) is 16.4 Å². The molecule has 1 aromatic rings. The number of aromatic nitrogens is 2. The highest BCUT2D eigenvalue weighted by molar-refractivity contribution is 7.89. The lowest BCUT2D eigenvalue weighted by Crippen LogP contribution is -2.15. The molecule has 4 nitrogen and oxygen atoms in total. The van der Waals surface area contributed by atoms with Crippen LogP contribution in [0.4, 0.5) is 0 Å². The standard InChI is InChI=1S/C6H10N2O2S/c1-3-11(9,10)8-5-4-7-6(8)2/h4-5H,3H2,1-2H3. The summed E-state index contributed by atoms with van der Waals surface area (Å²) in [6, 6.07) is 0. The van der Waals surface area contributed by atoms with Gasteiger partial charge >= 0.3 is 0 Å². The van der Waals surface area contributed by atoms with Gasteiger partial charge in [-0.2, -0.15) is 0 Å². The summed E-state index contributed by atoms with van der Waals surface area (Å²) in [6.07, 6.45) is 2.93. The first-order valence-corrected chi connectivity index (χ1v) is 4.92. The summed E-state index contributed by atoms with van der Waals surface area (Å²) in [7, 11) is -3.13. The number of aryl methyl sites for hydroxylation is 1. The molecule has 5 heteroatoms. The van der Waals surface area contributed by atoms with Crippen LogP contribution in [0, 0.1) is 6.92 Å². The lowest BCUT2D eigenvalue weighted by atomic mass is 10.8. The van der Waals surface area contributed by atoms with Crippen LogP contribution in [-0.2, 0) is 10.0 Å². The van der Waals surface area contributed by atoms with Gasteiger partial charge in [-0.3, -0.25) is 0 Å². The van der Waals surface area contributed by atoms with Crippen molar-refractivity contribution in [2.75, 3.05) is 5.75 Å². The minimum absolute atomic E-state index is 0.101. The van der Waals surface area contributed by atoms with Crippen LogP contribution in [0.15, 0.2) is 12.4 Å². The van der Waals surface area contributed by atoms with E-state index in [2.05, 4.69) is 4.98 Å². The molecule has 0 radical (unpaired) electrons. The van der Waals surface area contributed by atoms with E-state index in [4.69, 9.17) is 0 Å². The lowest BCUT2D eigenvalue weighted by molar-refractivity contribution is 0.587. The molecule has 0 unspecified atom stereocenters. The van der Waals surface area contributed by atoms with Crippen LogP contribution < -0.4 is 0 Å². The van der Waals surface area contributed by atoms with Crippen molar-refractivity contribution >= 4 is 10.0 Å². The molecule has 0 aliphatic heterocycles. The molecule has 0 atom stereocenters. The maximum absolute atomic E-state index is 11.2. The molecule has 1 rings (SSSR count). The Morgan fingerprint density at radius 3 is 2.64 bits per heavy atom. The molecule has 1 heterocycles. The second-order valence-electron chi connectivity index (χ2n) is 2.17. The molecule has 0 spiro atoms. The fraction of sp³-hybridized carbons (Fsp3) is 0.500. The lowest BCUT2D eigenvalue weighted by Gasteiger charge is -2.02. The predicted molar refractivity (Wildman–Crippen MR) is 41.8 cm³/mol. The minimum Gasteiger partial charge on any atom is -0.241 e. The Labute approximate surface area is 65.9 Å². The van der Waals surface area contributed by atoms with Crippen molar-refractivity contribution in [3.63, 3.8) is 0 Å². The molecule has 0 aliphatic carbocycles. The molecule has 1 aromatic heterocycles. The maximum atomic E-state index is 11.2. The fourth-order valence-corrected chi connectivity index (χ4v) is 1.77. The van der Waals surface area contributed by atoms with Crippen LogP contribution in [0.25, 0.3) is 0 Å². The highest BCUT2D eigenvalue weighted by Crippen LogP contribution is 2.01. The summed E-state index contributed by atoms with van der Waals surface area (Å²) in [5, 5.41) is 0. The van der Waals surface area contributed by atoms with Crippen LogP contribution >= 0.6 is 0 Å². The van der Waals surface area contributed by atoms with Gasteiger partial charge in [-0.25, -0.2) is 17.4 Å². The quantitative estimate of drug-likeness (QED) is 0.651. The smallest absolute Gasteiger partial charge is 0.239 e. The Bertz CT molecular complexity index is 339. The Balaban J connectivity index is 3.22. The number of rotatable bonds is 2. The van der Waals surface area contributed by atoms with Gasteiger partial charge in [-0.05, 0) is 13.8 Å². The first-order chi connectivity index (χ1) is 5.08. The summed E-state index contributed by atoms with van der Waals surface area (Å²) in [5.41, 5.74) is 0. The van der Waals surface area contributed by atoms with Gasteiger partial charge in [0.15, 0.2) is 0 Å². The van der Waals surface area contributed by atoms with Gasteiger partial charge < -0.3 is 0 Å². The third kappa shape index (κ3) is 1.42. The largest absolute Gasteiger partial charge is 0.241 e. The topological polar surface area (TPSA) is 52.0 Å². The number of hydrogen-bond donors (Lipinski definition) is 0. The third-order valence-corrected chi connectivity index (χ3v) is 3.16. The van der Waals surface area contributed by atoms with Crippen LogP contribution in [0.2, 0.25) is 0 Å². The van der Waals surface area contributed by atoms with Gasteiger partial charge in [0.25, 0.3) is 0 Å². The van der Waals surface area contributed by atoms with Crippen LogP contribution in [0.1, 0.15) is 12.7 Å². The molecule has 11 heavy (non-hydrogen) atoms. The Hall–Kier alpha value is -0.840. The van der Waals surface area contributed by atoms with Crippen molar-refractivity contribution in [1.29, 1.82) is 0 Å². The number of hydrogen-bond acceptors (Lipinski definition) is 3. The summed E-state index contributed by atoms with van der Waals surface area (Å²) >= 11 is 0. The minimum atomic E-state index is -3.13. The molecule has 62 valence electrons. The zero-order valence-electron chi connectivity index (χ0n) is 6.48. The SMILES string of the molecule is CCS(=O)(=O)n1ccnc1C. The van der Waals surface area contributed by atoms with Gasteiger partial charge in [-0.15, -0.1) is 0 Å². The average Bonchev–Trinajstić information content (AvgIpc) is 2.36. The van der Waals surface area contributed by atoms with E-state index in [0.29, 0.717) is 5.82 Å². The van der Waals surface area contributed by atoms with E-state index in [-0.39, 0.29) is 5.75 Å². The van der Waals surface area contributed by atoms with Crippen molar-refractivity contribution in [3.05, 3.63) is 18.2 Å². The zero-order chi connectivity index (χ0) is 8.48. The van der Waals surface area contributed by atoms with Gasteiger partial charge in [0, 0.05) is 12.4 Å². The Morgan fingerprint density at radius 2 is 2.27 bits per heavy atom. The van der Waals surface area contributed by atoms with E-state index in [0.717, 1.165) is 0 Å². The van der Waals surface area contributed by atoms with Crippen molar-refractivity contribution in [3.8, 4) is 0 Å². The molecular weight excluding hydrogens is 164 g/mol. The predicted octanol–water partition coefficient (Wildman–Crippen LogP) is 0.389. The summed E-state index contributed by atoms with van der Waals surface area (Å²) in [6.45, 7) is 3.27. The zero-order valence-corrected chi connectivity index (χ0v) is 7.30. The molecule has 0 saturated heterocycles. The molecule has 0 saturated carbocycles. The summed E-state index contributed by atoms with van der Waals surface area (Å²) in [4.78, 5) is 3.81. The highest BCUT2D eigenvalue weighted by atomic mass is 32.2. The van der Waals surface area contributed by atoms with Crippen molar-refractivity contribution in [2.24, 2.45) is 0 Å². The Morgan fingerprint density at radius 1 is 1.64 bits per heavy atom. The van der Waals surface area contributed by atoms with Crippen LogP contribution in [0.5, 0.6) is 0 Å². The van der Waals surface area contributed by atoms with E-state index >= 15 is 0 Å². The van der Waals surface area contributed by atoms with Crippen molar-refractivity contribution < 1.29 is 8.42 Å². The first kappa shape index (κ1) is 8.26. The average molecular weight is 174 g/mol. The molecule has 0 amide bonds. The molecular formula is C6H10N2O2S. The van der Waals surface area contributed by atoms with E-state index in [1.54, 1.807) is 13.8 Å². The monoisotopic (exact) mass is 174 g/mol. The fourth-order valence-electron chi connectivity index (χ4n) is 0.800. The molecule has 0 aromatic carbocycles. The van der Waals surface area contributed by atoms with Gasteiger partial charge in [-0.1, -0.05) is 0 Å². The van der Waals surface area contributed by atoms with E-state index in [1.807, 2.05) is 0 Å². The van der Waals surface area contributed by atoms with Crippen molar-refractivity contribution in [1.82, 2.24) is 8.96 Å². The first-order valence-electron chi connectivity index (χ1n) is 3.31. The van der Waals surface area contributed by atoms with Gasteiger partial charge in [0.2, 0.25) is 10.0 Å². The van der Waals surface area contributed by atoms with Crippen molar-refractivity contribution in [2.45, 2.75) is 13.8 Å². The summed E-state index contributed by atoms with van der Waals surface area (Å²) < 4.78 is 23.6. The number of nitrogens with zero attached hydrogens (tertiary/aromatic N) is 2. The molecule has 0 fully saturated rings. The van der Waals surface area contributed by atoms with Gasteiger partial charge in [0.1, 0.15) is 5.82 Å². The molecule has 0 bridgehead atoms. The number of imidazole rings is 1. The molecule has 0 aliphatic rings. The summed E-state index contributed by atoms with van der Waals surface area (Å²) in [5.74, 6) is 0.608. The normalized spacial score (nSPS) is 11.8. The van der Waals surface area contributed by atoms with Crippen LogP contribution in [-0.4, -0.2) is 23.1 Å². The van der Waals surface area contributed by atoms with E-state index in [9.17, 15) is 8.42 Å².